The van der Waals surface area contributed by atoms with E-state index in [0.717, 1.165) is 24.5 Å². The number of rotatable bonds is 4. The largest absolute Gasteiger partial charge is 0.345 e. The fourth-order valence-corrected chi connectivity index (χ4v) is 2.62. The van der Waals surface area contributed by atoms with Crippen molar-refractivity contribution in [2.45, 2.75) is 63.0 Å². The van der Waals surface area contributed by atoms with E-state index in [1.807, 2.05) is 0 Å². The average Bonchev–Trinajstić information content (AvgIpc) is 3.02. The Kier molecular flexibility index (Phi) is 3.09. The van der Waals surface area contributed by atoms with Crippen LogP contribution in [-0.4, -0.2) is 21.9 Å². The molecule has 2 fully saturated rings. The quantitative estimate of drug-likeness (QED) is 0.868. The van der Waals surface area contributed by atoms with Gasteiger partial charge in [-0.1, -0.05) is 0 Å². The summed E-state index contributed by atoms with van der Waals surface area (Å²) in [5, 5.41) is 3.39. The zero-order valence-corrected chi connectivity index (χ0v) is 10.4. The first-order valence-electron chi connectivity index (χ1n) is 6.77. The Morgan fingerprint density at radius 1 is 1.39 bits per heavy atom. The maximum atomic E-state index is 13.4. The van der Waals surface area contributed by atoms with Crippen LogP contribution in [0.15, 0.2) is 6.20 Å². The van der Waals surface area contributed by atoms with E-state index >= 15 is 0 Å². The van der Waals surface area contributed by atoms with Gasteiger partial charge in [0.25, 0.3) is 0 Å². The van der Waals surface area contributed by atoms with Crippen LogP contribution in [0.3, 0.4) is 0 Å². The zero-order valence-electron chi connectivity index (χ0n) is 10.4. The van der Waals surface area contributed by atoms with Gasteiger partial charge in [0.2, 0.25) is 5.92 Å². The summed E-state index contributed by atoms with van der Waals surface area (Å²) >= 11 is 0. The highest BCUT2D eigenvalue weighted by atomic mass is 19.3. The lowest BCUT2D eigenvalue weighted by molar-refractivity contribution is -0.0416. The molecule has 18 heavy (non-hydrogen) atoms. The first-order valence-corrected chi connectivity index (χ1v) is 6.77. The van der Waals surface area contributed by atoms with Crippen LogP contribution < -0.4 is 5.32 Å². The zero-order chi connectivity index (χ0) is 12.6. The number of hydrogen-bond acceptors (Lipinski definition) is 2. The second-order valence-electron chi connectivity index (χ2n) is 5.60. The number of aromatic amines is 1. The summed E-state index contributed by atoms with van der Waals surface area (Å²) in [5.74, 6) is -1.88. The van der Waals surface area contributed by atoms with Gasteiger partial charge in [-0.25, -0.2) is 13.8 Å². The van der Waals surface area contributed by atoms with E-state index in [4.69, 9.17) is 0 Å². The van der Waals surface area contributed by atoms with Gasteiger partial charge in [-0.15, -0.1) is 0 Å². The maximum absolute atomic E-state index is 13.4. The molecule has 0 spiro atoms. The molecule has 0 bridgehead atoms. The lowest BCUT2D eigenvalue weighted by atomic mass is 9.86. The molecule has 0 aromatic carbocycles. The number of aromatic nitrogens is 2. The Labute approximate surface area is 105 Å². The van der Waals surface area contributed by atoms with Crippen molar-refractivity contribution in [2.24, 2.45) is 0 Å². The van der Waals surface area contributed by atoms with E-state index < -0.39 is 5.92 Å². The molecule has 2 aliphatic rings. The molecule has 0 saturated heterocycles. The summed E-state index contributed by atoms with van der Waals surface area (Å²) in [6.07, 6.45) is 5.64. The van der Waals surface area contributed by atoms with Crippen molar-refractivity contribution >= 4 is 0 Å². The van der Waals surface area contributed by atoms with Crippen molar-refractivity contribution in [3.05, 3.63) is 17.7 Å². The van der Waals surface area contributed by atoms with E-state index in [1.54, 1.807) is 6.20 Å². The van der Waals surface area contributed by atoms with Crippen LogP contribution in [0.4, 0.5) is 8.78 Å². The Bertz CT molecular complexity index is 412. The monoisotopic (exact) mass is 255 g/mol. The molecule has 3 nitrogen and oxygen atoms in total. The smallest absolute Gasteiger partial charge is 0.248 e. The summed E-state index contributed by atoms with van der Waals surface area (Å²) in [5.41, 5.74) is 1.01. The molecule has 1 heterocycles. The standard InChI is InChI=1S/C13H19F2N3/c14-13(15)5-1-2-9(6-13)12-17-8-11(18-12)7-16-10-3-4-10/h8-10,16H,1-7H2,(H,17,18). The lowest BCUT2D eigenvalue weighted by Gasteiger charge is -2.27. The molecule has 3 rings (SSSR count). The number of H-pyrrole nitrogens is 1. The minimum atomic E-state index is -2.51. The highest BCUT2D eigenvalue weighted by molar-refractivity contribution is 5.08. The van der Waals surface area contributed by atoms with E-state index in [0.29, 0.717) is 12.5 Å². The van der Waals surface area contributed by atoms with Crippen LogP contribution in [-0.2, 0) is 6.54 Å². The fourth-order valence-electron chi connectivity index (χ4n) is 2.62. The van der Waals surface area contributed by atoms with E-state index in [9.17, 15) is 8.78 Å². The number of imidazole rings is 1. The van der Waals surface area contributed by atoms with Crippen molar-refractivity contribution in [1.82, 2.24) is 15.3 Å². The molecule has 0 radical (unpaired) electrons. The summed E-state index contributed by atoms with van der Waals surface area (Å²) in [7, 11) is 0. The molecule has 0 aliphatic heterocycles. The second kappa shape index (κ2) is 4.61. The third-order valence-corrected chi connectivity index (χ3v) is 3.83. The molecule has 1 unspecified atom stereocenters. The Morgan fingerprint density at radius 2 is 2.22 bits per heavy atom. The van der Waals surface area contributed by atoms with Crippen LogP contribution in [0.25, 0.3) is 0 Å². The van der Waals surface area contributed by atoms with E-state index in [1.165, 1.54) is 12.8 Å². The van der Waals surface area contributed by atoms with Crippen LogP contribution >= 0.6 is 0 Å². The van der Waals surface area contributed by atoms with Gasteiger partial charge >= 0.3 is 0 Å². The minimum absolute atomic E-state index is 0.0281. The molecule has 2 N–H and O–H groups in total. The van der Waals surface area contributed by atoms with Gasteiger partial charge in [-0.3, -0.25) is 0 Å². The predicted octanol–water partition coefficient (Wildman–Crippen LogP) is 2.95. The van der Waals surface area contributed by atoms with E-state index in [2.05, 4.69) is 15.3 Å². The normalized spacial score (nSPS) is 27.3. The van der Waals surface area contributed by atoms with Gasteiger partial charge in [0, 0.05) is 43.2 Å². The van der Waals surface area contributed by atoms with Gasteiger partial charge in [0.15, 0.2) is 0 Å². The average molecular weight is 255 g/mol. The SMILES string of the molecule is FC1(F)CCCC(c2ncc(CNC3CC3)[nH]2)C1. The molecular weight excluding hydrogens is 236 g/mol. The number of hydrogen-bond donors (Lipinski definition) is 2. The lowest BCUT2D eigenvalue weighted by Crippen LogP contribution is -2.25. The number of halogens is 2. The van der Waals surface area contributed by atoms with Crippen LogP contribution in [0.2, 0.25) is 0 Å². The molecule has 0 amide bonds. The molecule has 2 aliphatic carbocycles. The van der Waals surface area contributed by atoms with Gasteiger partial charge < -0.3 is 10.3 Å². The van der Waals surface area contributed by atoms with Crippen molar-refractivity contribution in [2.75, 3.05) is 0 Å². The first-order chi connectivity index (χ1) is 8.62. The van der Waals surface area contributed by atoms with Crippen LogP contribution in [0.1, 0.15) is 56.0 Å². The topological polar surface area (TPSA) is 40.7 Å². The van der Waals surface area contributed by atoms with Gasteiger partial charge in [-0.2, -0.15) is 0 Å². The maximum Gasteiger partial charge on any atom is 0.248 e. The van der Waals surface area contributed by atoms with Gasteiger partial charge in [0.05, 0.1) is 0 Å². The van der Waals surface area contributed by atoms with Gasteiger partial charge in [0.1, 0.15) is 5.82 Å². The Morgan fingerprint density at radius 3 is 2.94 bits per heavy atom. The molecule has 2 saturated carbocycles. The highest BCUT2D eigenvalue weighted by Crippen LogP contribution is 2.40. The van der Waals surface area contributed by atoms with Gasteiger partial charge in [-0.05, 0) is 25.7 Å². The molecule has 1 aromatic rings. The van der Waals surface area contributed by atoms with Crippen molar-refractivity contribution < 1.29 is 8.78 Å². The van der Waals surface area contributed by atoms with Crippen LogP contribution in [0, 0.1) is 0 Å². The Hall–Kier alpha value is -0.970. The highest BCUT2D eigenvalue weighted by Gasteiger charge is 2.37. The Balaban J connectivity index is 1.60. The number of nitrogens with one attached hydrogen (secondary N) is 2. The molecule has 1 atom stereocenters. The molecule has 100 valence electrons. The molecule has 5 heteroatoms. The third kappa shape index (κ3) is 2.88. The first kappa shape index (κ1) is 12.1. The molecular formula is C13H19F2N3. The summed E-state index contributed by atoms with van der Waals surface area (Å²) < 4.78 is 26.7. The summed E-state index contributed by atoms with van der Waals surface area (Å²) in [6, 6.07) is 0.649. The molecule has 1 aromatic heterocycles. The summed E-state index contributed by atoms with van der Waals surface area (Å²) in [4.78, 5) is 7.47. The second-order valence-corrected chi connectivity index (χ2v) is 5.60. The third-order valence-electron chi connectivity index (χ3n) is 3.83. The van der Waals surface area contributed by atoms with Crippen molar-refractivity contribution in [1.29, 1.82) is 0 Å². The van der Waals surface area contributed by atoms with E-state index in [-0.39, 0.29) is 18.8 Å². The number of nitrogens with zero attached hydrogens (tertiary/aromatic N) is 1. The van der Waals surface area contributed by atoms with Crippen molar-refractivity contribution in [3.8, 4) is 0 Å². The predicted molar refractivity (Wildman–Crippen MR) is 64.6 cm³/mol. The fraction of sp³-hybridized carbons (Fsp3) is 0.769. The summed E-state index contributed by atoms with van der Waals surface area (Å²) in [6.45, 7) is 0.765. The van der Waals surface area contributed by atoms with Crippen LogP contribution in [0.5, 0.6) is 0 Å². The van der Waals surface area contributed by atoms with Crippen molar-refractivity contribution in [3.63, 3.8) is 0 Å². The minimum Gasteiger partial charge on any atom is -0.345 e. The number of alkyl halides is 2.